The molecule has 1 aliphatic heterocycles. The molecular formula is C15H17N3O2. The Balaban J connectivity index is 1.82. The van der Waals surface area contributed by atoms with Crippen LogP contribution in [-0.2, 0) is 4.74 Å². The first-order valence-corrected chi connectivity index (χ1v) is 6.71. The van der Waals surface area contributed by atoms with Gasteiger partial charge in [0.25, 0.3) is 0 Å². The molecule has 3 rings (SSSR count). The van der Waals surface area contributed by atoms with Crippen LogP contribution in [0.2, 0.25) is 0 Å². The lowest BCUT2D eigenvalue weighted by atomic mass is 10.1. The summed E-state index contributed by atoms with van der Waals surface area (Å²) in [6.07, 6.45) is 1.58. The maximum Gasteiger partial charge on any atom is 0.409 e. The van der Waals surface area contributed by atoms with E-state index >= 15 is 0 Å². The zero-order chi connectivity index (χ0) is 13.9. The maximum atomic E-state index is 11.5. The first kappa shape index (κ1) is 12.7. The Hall–Kier alpha value is -2.30. The fourth-order valence-electron chi connectivity index (χ4n) is 2.59. The van der Waals surface area contributed by atoms with Crippen LogP contribution in [0, 0.1) is 0 Å². The van der Waals surface area contributed by atoms with Crippen molar-refractivity contribution in [2.75, 3.05) is 38.2 Å². The predicted molar refractivity (Wildman–Crippen MR) is 77.9 cm³/mol. The standard InChI is InChI=1S/C15H17N3O2/c1-20-15(19)18-10-8-17(9-11-18)14-13-5-3-2-4-12(13)6-7-16-14/h2-7H,8-11H2,1H3. The number of carbonyl (C=O) groups excluding carboxylic acids is 1. The zero-order valence-corrected chi connectivity index (χ0v) is 11.5. The number of anilines is 1. The number of methoxy groups -OCH3 is 1. The van der Waals surface area contributed by atoms with Gasteiger partial charge in [0, 0.05) is 37.8 Å². The molecule has 1 aromatic carbocycles. The lowest BCUT2D eigenvalue weighted by molar-refractivity contribution is 0.121. The summed E-state index contributed by atoms with van der Waals surface area (Å²) in [5.41, 5.74) is 0. The van der Waals surface area contributed by atoms with E-state index in [1.807, 2.05) is 24.4 Å². The molecule has 0 radical (unpaired) electrons. The zero-order valence-electron chi connectivity index (χ0n) is 11.5. The second-order valence-corrected chi connectivity index (χ2v) is 4.80. The van der Waals surface area contributed by atoms with Gasteiger partial charge in [0.15, 0.2) is 0 Å². The molecule has 104 valence electrons. The summed E-state index contributed by atoms with van der Waals surface area (Å²) in [5.74, 6) is 0.993. The molecule has 2 heterocycles. The van der Waals surface area contributed by atoms with Crippen LogP contribution in [0.5, 0.6) is 0 Å². The Morgan fingerprint density at radius 1 is 1.15 bits per heavy atom. The number of amides is 1. The van der Waals surface area contributed by atoms with Gasteiger partial charge < -0.3 is 14.5 Å². The van der Waals surface area contributed by atoms with Crippen LogP contribution in [0.1, 0.15) is 0 Å². The summed E-state index contributed by atoms with van der Waals surface area (Å²) in [6.45, 7) is 2.88. The SMILES string of the molecule is COC(=O)N1CCN(c2nccc3ccccc23)CC1. The number of hydrogen-bond donors (Lipinski definition) is 0. The quantitative estimate of drug-likeness (QED) is 0.797. The van der Waals surface area contributed by atoms with Gasteiger partial charge in [0.1, 0.15) is 5.82 Å². The first-order chi connectivity index (χ1) is 9.79. The highest BCUT2D eigenvalue weighted by atomic mass is 16.5. The van der Waals surface area contributed by atoms with Gasteiger partial charge in [-0.1, -0.05) is 24.3 Å². The van der Waals surface area contributed by atoms with Crippen LogP contribution in [-0.4, -0.2) is 49.3 Å². The molecule has 1 aromatic heterocycles. The minimum atomic E-state index is -0.254. The molecule has 0 aliphatic carbocycles. The van der Waals surface area contributed by atoms with Gasteiger partial charge in [0.05, 0.1) is 7.11 Å². The fourth-order valence-corrected chi connectivity index (χ4v) is 2.59. The maximum absolute atomic E-state index is 11.5. The molecule has 0 N–H and O–H groups in total. The monoisotopic (exact) mass is 271 g/mol. The van der Waals surface area contributed by atoms with Crippen LogP contribution in [0.25, 0.3) is 10.8 Å². The molecule has 0 atom stereocenters. The van der Waals surface area contributed by atoms with Crippen molar-refractivity contribution in [1.82, 2.24) is 9.88 Å². The Morgan fingerprint density at radius 2 is 1.90 bits per heavy atom. The van der Waals surface area contributed by atoms with E-state index in [-0.39, 0.29) is 6.09 Å². The molecule has 0 spiro atoms. The summed E-state index contributed by atoms with van der Waals surface area (Å²) in [4.78, 5) is 20.0. The van der Waals surface area contributed by atoms with Crippen molar-refractivity contribution in [3.63, 3.8) is 0 Å². The smallest absolute Gasteiger partial charge is 0.409 e. The normalized spacial score (nSPS) is 15.4. The van der Waals surface area contributed by atoms with Crippen molar-refractivity contribution in [3.05, 3.63) is 36.5 Å². The molecule has 1 fully saturated rings. The van der Waals surface area contributed by atoms with Gasteiger partial charge in [0.2, 0.25) is 0 Å². The van der Waals surface area contributed by atoms with Gasteiger partial charge in [-0.05, 0) is 11.5 Å². The van der Waals surface area contributed by atoms with E-state index in [1.54, 1.807) is 4.90 Å². The average Bonchev–Trinajstić information content (AvgIpc) is 2.54. The van der Waals surface area contributed by atoms with Gasteiger partial charge in [-0.15, -0.1) is 0 Å². The van der Waals surface area contributed by atoms with Crippen LogP contribution in [0.4, 0.5) is 10.6 Å². The minimum absolute atomic E-state index is 0.254. The molecule has 5 nitrogen and oxygen atoms in total. The second kappa shape index (κ2) is 5.36. The Morgan fingerprint density at radius 3 is 2.65 bits per heavy atom. The number of carbonyl (C=O) groups is 1. The molecule has 5 heteroatoms. The van der Waals surface area contributed by atoms with E-state index in [0.717, 1.165) is 24.3 Å². The van der Waals surface area contributed by atoms with E-state index in [2.05, 4.69) is 22.0 Å². The summed E-state index contributed by atoms with van der Waals surface area (Å²) >= 11 is 0. The van der Waals surface area contributed by atoms with Crippen molar-refractivity contribution >= 4 is 22.7 Å². The first-order valence-electron chi connectivity index (χ1n) is 6.71. The van der Waals surface area contributed by atoms with Crippen LogP contribution in [0.15, 0.2) is 36.5 Å². The van der Waals surface area contributed by atoms with Gasteiger partial charge >= 0.3 is 6.09 Å². The molecule has 20 heavy (non-hydrogen) atoms. The molecule has 0 saturated carbocycles. The number of benzene rings is 1. The van der Waals surface area contributed by atoms with E-state index in [0.29, 0.717) is 13.1 Å². The fraction of sp³-hybridized carbons (Fsp3) is 0.333. The molecular weight excluding hydrogens is 254 g/mol. The molecule has 1 saturated heterocycles. The third-order valence-electron chi connectivity index (χ3n) is 3.66. The lowest BCUT2D eigenvalue weighted by Crippen LogP contribution is -2.49. The summed E-state index contributed by atoms with van der Waals surface area (Å²) < 4.78 is 4.75. The van der Waals surface area contributed by atoms with E-state index in [9.17, 15) is 4.79 Å². The molecule has 0 unspecified atom stereocenters. The Bertz CT molecular complexity index is 616. The topological polar surface area (TPSA) is 45.7 Å². The van der Waals surface area contributed by atoms with Gasteiger partial charge in [-0.2, -0.15) is 0 Å². The third kappa shape index (κ3) is 2.27. The number of fused-ring (bicyclic) bond motifs is 1. The number of aromatic nitrogens is 1. The van der Waals surface area contributed by atoms with Crippen LogP contribution >= 0.6 is 0 Å². The van der Waals surface area contributed by atoms with E-state index < -0.39 is 0 Å². The second-order valence-electron chi connectivity index (χ2n) is 4.80. The summed E-state index contributed by atoms with van der Waals surface area (Å²) in [5, 5.41) is 2.34. The average molecular weight is 271 g/mol. The number of pyridine rings is 1. The van der Waals surface area contributed by atoms with Gasteiger partial charge in [-0.3, -0.25) is 0 Å². The van der Waals surface area contributed by atoms with Crippen molar-refractivity contribution in [2.24, 2.45) is 0 Å². The number of ether oxygens (including phenoxy) is 1. The number of nitrogens with zero attached hydrogens (tertiary/aromatic N) is 3. The largest absolute Gasteiger partial charge is 0.453 e. The molecule has 2 aromatic rings. The summed E-state index contributed by atoms with van der Waals surface area (Å²) in [6, 6.07) is 10.2. The van der Waals surface area contributed by atoms with Crippen molar-refractivity contribution in [1.29, 1.82) is 0 Å². The molecule has 0 bridgehead atoms. The molecule has 1 aliphatic rings. The van der Waals surface area contributed by atoms with E-state index in [4.69, 9.17) is 4.74 Å². The number of piperazine rings is 1. The summed E-state index contributed by atoms with van der Waals surface area (Å²) in [7, 11) is 1.42. The lowest BCUT2D eigenvalue weighted by Gasteiger charge is -2.35. The van der Waals surface area contributed by atoms with Crippen LogP contribution in [0.3, 0.4) is 0 Å². The van der Waals surface area contributed by atoms with Gasteiger partial charge in [-0.25, -0.2) is 9.78 Å². The predicted octanol–water partition coefficient (Wildman–Crippen LogP) is 2.12. The van der Waals surface area contributed by atoms with E-state index in [1.165, 1.54) is 12.5 Å². The number of hydrogen-bond acceptors (Lipinski definition) is 4. The van der Waals surface area contributed by atoms with Crippen molar-refractivity contribution in [3.8, 4) is 0 Å². The highest BCUT2D eigenvalue weighted by molar-refractivity contribution is 5.92. The highest BCUT2D eigenvalue weighted by Gasteiger charge is 2.23. The Kier molecular flexibility index (Phi) is 3.41. The molecule has 1 amide bonds. The number of rotatable bonds is 1. The van der Waals surface area contributed by atoms with Crippen LogP contribution < -0.4 is 4.90 Å². The third-order valence-corrected chi connectivity index (χ3v) is 3.66. The highest BCUT2D eigenvalue weighted by Crippen LogP contribution is 2.24. The van der Waals surface area contributed by atoms with Crippen molar-refractivity contribution in [2.45, 2.75) is 0 Å². The van der Waals surface area contributed by atoms with Crippen molar-refractivity contribution < 1.29 is 9.53 Å². The minimum Gasteiger partial charge on any atom is -0.453 e. The Labute approximate surface area is 117 Å².